The zero-order valence-corrected chi connectivity index (χ0v) is 8.64. The Labute approximate surface area is 84.0 Å². The van der Waals surface area contributed by atoms with Crippen LogP contribution in [-0.2, 0) is 0 Å². The predicted molar refractivity (Wildman–Crippen MR) is 56.6 cm³/mol. The lowest BCUT2D eigenvalue weighted by molar-refractivity contribution is 0.0695. The minimum absolute atomic E-state index is 0.0206. The fourth-order valence-electron chi connectivity index (χ4n) is 1.11. The average molecular weight is 210 g/mol. The number of carbonyl (C=O) groups excluding carboxylic acids is 1. The first-order valence-electron chi connectivity index (χ1n) is 3.82. The van der Waals surface area contributed by atoms with Gasteiger partial charge in [-0.25, -0.2) is 4.79 Å². The fourth-order valence-corrected chi connectivity index (χ4v) is 1.36. The van der Waals surface area contributed by atoms with Crippen molar-refractivity contribution in [2.75, 3.05) is 0 Å². The number of carboxylic acid groups (broad SMARTS) is 1. The standard InChI is InChI=1S/C8H8BO4P/c9-7(10)4-2-1-3-5(8(11)12)6(4)13-14/h1-3H,9,14H2,(H,11,12). The molecule has 72 valence electrons. The van der Waals surface area contributed by atoms with Crippen molar-refractivity contribution in [3.63, 3.8) is 0 Å². The lowest BCUT2D eigenvalue weighted by atomic mass is 9.92. The van der Waals surface area contributed by atoms with Gasteiger partial charge in [0.05, 0.1) is 9.47 Å². The summed E-state index contributed by atoms with van der Waals surface area (Å²) in [5.41, 5.74) is 0.0122. The number of carbonyl (C=O) groups is 2. The monoisotopic (exact) mass is 210 g/mol. The molecule has 0 bridgehead atoms. The second kappa shape index (κ2) is 4.25. The van der Waals surface area contributed by atoms with Crippen molar-refractivity contribution in [1.82, 2.24) is 0 Å². The maximum Gasteiger partial charge on any atom is 0.339 e. The van der Waals surface area contributed by atoms with Gasteiger partial charge in [-0.2, -0.15) is 0 Å². The van der Waals surface area contributed by atoms with Gasteiger partial charge in [0.2, 0.25) is 0 Å². The molecule has 1 atom stereocenters. The fraction of sp³-hybridized carbons (Fsp3) is 0. The highest BCUT2D eigenvalue weighted by atomic mass is 31.0. The van der Waals surface area contributed by atoms with Crippen LogP contribution in [0.4, 0.5) is 0 Å². The van der Waals surface area contributed by atoms with Crippen LogP contribution in [0.15, 0.2) is 18.2 Å². The summed E-state index contributed by atoms with van der Waals surface area (Å²) in [6.07, 6.45) is 0. The van der Waals surface area contributed by atoms with Crippen molar-refractivity contribution in [1.29, 1.82) is 0 Å². The molecule has 0 spiro atoms. The second-order valence-corrected chi connectivity index (χ2v) is 2.90. The van der Waals surface area contributed by atoms with Crippen LogP contribution in [0.1, 0.15) is 20.7 Å². The van der Waals surface area contributed by atoms with Crippen LogP contribution in [-0.4, -0.2) is 24.6 Å². The van der Waals surface area contributed by atoms with E-state index in [4.69, 9.17) is 9.63 Å². The van der Waals surface area contributed by atoms with E-state index in [2.05, 4.69) is 0 Å². The highest BCUT2D eigenvalue weighted by molar-refractivity contribution is 7.10. The van der Waals surface area contributed by atoms with E-state index in [0.29, 0.717) is 0 Å². The van der Waals surface area contributed by atoms with E-state index in [1.165, 1.54) is 26.0 Å². The summed E-state index contributed by atoms with van der Waals surface area (Å²) in [6.45, 7) is 0. The Morgan fingerprint density at radius 1 is 1.36 bits per heavy atom. The Morgan fingerprint density at radius 3 is 2.36 bits per heavy atom. The molecule has 1 aromatic rings. The number of para-hydroxylation sites is 1. The molecule has 1 aromatic carbocycles. The smallest absolute Gasteiger partial charge is 0.339 e. The van der Waals surface area contributed by atoms with Gasteiger partial charge in [-0.3, -0.25) is 0 Å². The van der Waals surface area contributed by atoms with Crippen LogP contribution in [0.2, 0.25) is 0 Å². The topological polar surface area (TPSA) is 63.6 Å². The quantitative estimate of drug-likeness (QED) is 0.576. The van der Waals surface area contributed by atoms with Crippen LogP contribution in [0.25, 0.3) is 0 Å². The van der Waals surface area contributed by atoms with Gasteiger partial charge in [-0.15, -0.1) is 0 Å². The van der Waals surface area contributed by atoms with E-state index < -0.39 is 5.97 Å². The first-order chi connectivity index (χ1) is 6.57. The molecule has 0 aliphatic carbocycles. The number of aromatic carboxylic acids is 1. The third-order valence-electron chi connectivity index (χ3n) is 1.74. The number of hydrogen-bond acceptors (Lipinski definition) is 3. The number of benzene rings is 1. The van der Waals surface area contributed by atoms with E-state index >= 15 is 0 Å². The van der Waals surface area contributed by atoms with Crippen molar-refractivity contribution in [2.24, 2.45) is 0 Å². The summed E-state index contributed by atoms with van der Waals surface area (Å²) in [5, 5.41) is 8.80. The lowest BCUT2D eigenvalue weighted by Crippen LogP contribution is -2.05. The van der Waals surface area contributed by atoms with Crippen LogP contribution in [0.3, 0.4) is 0 Å². The SMILES string of the molecule is BC(=O)c1cccc(C(=O)O)c1OP. The van der Waals surface area contributed by atoms with Crippen molar-refractivity contribution in [3.8, 4) is 5.75 Å². The molecule has 0 aliphatic heterocycles. The molecule has 0 aromatic heterocycles. The van der Waals surface area contributed by atoms with E-state index in [-0.39, 0.29) is 22.6 Å². The van der Waals surface area contributed by atoms with E-state index in [1.54, 1.807) is 0 Å². The third kappa shape index (κ3) is 1.94. The highest BCUT2D eigenvalue weighted by Crippen LogP contribution is 2.25. The molecule has 0 radical (unpaired) electrons. The first kappa shape index (κ1) is 10.7. The van der Waals surface area contributed by atoms with Crippen LogP contribution < -0.4 is 4.52 Å². The maximum absolute atomic E-state index is 11.1. The Bertz CT molecular complexity index is 359. The summed E-state index contributed by atoms with van der Waals surface area (Å²) in [7, 11) is 3.29. The molecule has 0 amide bonds. The molecule has 14 heavy (non-hydrogen) atoms. The number of rotatable bonds is 3. The molecular formula is C8H8BO4P. The average Bonchev–Trinajstić information content (AvgIpc) is 2.16. The Balaban J connectivity index is 3.39. The lowest BCUT2D eigenvalue weighted by Gasteiger charge is -2.08. The van der Waals surface area contributed by atoms with Gasteiger partial charge in [0.25, 0.3) is 0 Å². The molecule has 0 saturated heterocycles. The summed E-state index contributed by atoms with van der Waals surface area (Å²) in [4.78, 5) is 21.9. The molecular weight excluding hydrogens is 202 g/mol. The van der Waals surface area contributed by atoms with Crippen molar-refractivity contribution < 1.29 is 19.2 Å². The molecule has 6 heteroatoms. The maximum atomic E-state index is 11.1. The molecule has 0 fully saturated rings. The van der Waals surface area contributed by atoms with Gasteiger partial charge in [-0.05, 0) is 12.1 Å². The van der Waals surface area contributed by atoms with Gasteiger partial charge < -0.3 is 14.4 Å². The zero-order valence-electron chi connectivity index (χ0n) is 7.48. The Kier molecular flexibility index (Phi) is 3.25. The molecule has 0 aliphatic rings. The van der Waals surface area contributed by atoms with Crippen molar-refractivity contribution in [3.05, 3.63) is 29.3 Å². The molecule has 1 N–H and O–H groups in total. The molecule has 4 nitrogen and oxygen atoms in total. The van der Waals surface area contributed by atoms with E-state index in [1.807, 2.05) is 9.47 Å². The van der Waals surface area contributed by atoms with Gasteiger partial charge in [0.1, 0.15) is 17.0 Å². The van der Waals surface area contributed by atoms with Crippen LogP contribution >= 0.6 is 9.47 Å². The normalized spacial score (nSPS) is 9.50. The largest absolute Gasteiger partial charge is 0.479 e. The van der Waals surface area contributed by atoms with Crippen LogP contribution in [0, 0.1) is 0 Å². The van der Waals surface area contributed by atoms with E-state index in [0.717, 1.165) is 0 Å². The molecule has 0 heterocycles. The van der Waals surface area contributed by atoms with Gasteiger partial charge in [0.15, 0.2) is 7.85 Å². The van der Waals surface area contributed by atoms with Gasteiger partial charge in [-0.1, -0.05) is 6.07 Å². The molecule has 1 unspecified atom stereocenters. The molecule has 0 saturated carbocycles. The number of carboxylic acids is 1. The van der Waals surface area contributed by atoms with Gasteiger partial charge in [0, 0.05) is 5.56 Å². The molecule has 1 rings (SSSR count). The van der Waals surface area contributed by atoms with E-state index in [9.17, 15) is 9.59 Å². The van der Waals surface area contributed by atoms with Crippen molar-refractivity contribution >= 4 is 29.0 Å². The summed E-state index contributed by atoms with van der Waals surface area (Å²) >= 11 is 0. The highest BCUT2D eigenvalue weighted by Gasteiger charge is 2.16. The Hall–Kier alpha value is -1.35. The number of hydrogen-bond donors (Lipinski definition) is 1. The second-order valence-electron chi connectivity index (χ2n) is 2.66. The zero-order chi connectivity index (χ0) is 10.7. The summed E-state index contributed by atoms with van der Waals surface area (Å²) in [5.74, 6) is -1.04. The third-order valence-corrected chi connectivity index (χ3v) is 1.98. The van der Waals surface area contributed by atoms with Crippen LogP contribution in [0.5, 0.6) is 5.75 Å². The van der Waals surface area contributed by atoms with Gasteiger partial charge >= 0.3 is 5.97 Å². The first-order valence-corrected chi connectivity index (χ1v) is 4.29. The minimum Gasteiger partial charge on any atom is -0.479 e. The summed E-state index contributed by atoms with van der Waals surface area (Å²) < 4.78 is 4.81. The predicted octanol–water partition coefficient (Wildman–Crippen LogP) is 0.327. The summed E-state index contributed by atoms with van der Waals surface area (Å²) in [6, 6.07) is 4.41. The Morgan fingerprint density at radius 2 is 1.93 bits per heavy atom. The minimum atomic E-state index is -1.12. The van der Waals surface area contributed by atoms with Crippen molar-refractivity contribution in [2.45, 2.75) is 0 Å².